The second kappa shape index (κ2) is 16.9. The van der Waals surface area contributed by atoms with E-state index in [-0.39, 0.29) is 23.8 Å². The van der Waals surface area contributed by atoms with Gasteiger partial charge in [0, 0.05) is 69.8 Å². The van der Waals surface area contributed by atoms with Gasteiger partial charge in [0.05, 0.1) is 16.5 Å². The van der Waals surface area contributed by atoms with Crippen molar-refractivity contribution in [3.8, 4) is 11.1 Å². The highest BCUT2D eigenvalue weighted by atomic mass is 32.1. The Morgan fingerprint density at radius 2 is 1.62 bits per heavy atom. The minimum atomic E-state index is -0.430. The molecular formula is C37H49N5O4S. The fraction of sp³-hybridized carbons (Fsp3) is 0.486. The highest BCUT2D eigenvalue weighted by Crippen LogP contribution is 2.28. The van der Waals surface area contributed by atoms with Crippen LogP contribution in [0.4, 0.5) is 10.5 Å². The number of hydrogen-bond donors (Lipinski definition) is 1. The minimum absolute atomic E-state index is 0.0418. The number of likely N-dealkylation sites (tertiary alicyclic amines) is 2. The highest BCUT2D eigenvalue weighted by molar-refractivity contribution is 7.14. The SMILES string of the molecule is CCN(CC)C(=O)[C@@H]1CCCN(Cc2ccc(C(=O)N(C)CCN3CCC(OC(=O)Nc4ccccc4-c4ccccc4)CC3)s2)C1. The van der Waals surface area contributed by atoms with Crippen molar-refractivity contribution in [1.82, 2.24) is 19.6 Å². The van der Waals surface area contributed by atoms with E-state index in [0.717, 1.165) is 105 Å². The summed E-state index contributed by atoms with van der Waals surface area (Å²) in [6.45, 7) is 11.2. The number of likely N-dealkylation sites (N-methyl/N-ethyl adjacent to an activating group) is 1. The van der Waals surface area contributed by atoms with Gasteiger partial charge in [-0.05, 0) is 69.8 Å². The molecule has 2 aliphatic heterocycles. The van der Waals surface area contributed by atoms with Gasteiger partial charge in [0.15, 0.2) is 0 Å². The van der Waals surface area contributed by atoms with E-state index in [1.807, 2.05) is 86.5 Å². The summed E-state index contributed by atoms with van der Waals surface area (Å²) in [5.74, 6) is 0.374. The summed E-state index contributed by atoms with van der Waals surface area (Å²) >= 11 is 1.56. The first-order valence-electron chi connectivity index (χ1n) is 17.0. The van der Waals surface area contributed by atoms with Crippen LogP contribution in [0, 0.1) is 5.92 Å². The molecular weight excluding hydrogens is 611 g/mol. The molecule has 5 rings (SSSR count). The van der Waals surface area contributed by atoms with E-state index in [0.29, 0.717) is 6.54 Å². The molecule has 0 unspecified atom stereocenters. The maximum absolute atomic E-state index is 13.2. The Morgan fingerprint density at radius 3 is 2.36 bits per heavy atom. The number of benzene rings is 2. The maximum atomic E-state index is 13.2. The molecule has 3 aromatic rings. The molecule has 0 radical (unpaired) electrons. The first kappa shape index (κ1) is 34.6. The van der Waals surface area contributed by atoms with Gasteiger partial charge in [-0.15, -0.1) is 11.3 Å². The molecule has 0 saturated carbocycles. The molecule has 0 spiro atoms. The van der Waals surface area contributed by atoms with Crippen molar-refractivity contribution in [3.63, 3.8) is 0 Å². The predicted octanol–water partition coefficient (Wildman–Crippen LogP) is 6.28. The Morgan fingerprint density at radius 1 is 0.894 bits per heavy atom. The molecule has 1 atom stereocenters. The molecule has 0 bridgehead atoms. The van der Waals surface area contributed by atoms with Crippen LogP contribution >= 0.6 is 11.3 Å². The molecule has 2 fully saturated rings. The topological polar surface area (TPSA) is 85.4 Å². The Kier molecular flexibility index (Phi) is 12.4. The van der Waals surface area contributed by atoms with Gasteiger partial charge in [-0.3, -0.25) is 19.8 Å². The second-order valence-electron chi connectivity index (χ2n) is 12.6. The lowest BCUT2D eigenvalue weighted by Gasteiger charge is -2.34. The van der Waals surface area contributed by atoms with E-state index in [1.165, 1.54) is 0 Å². The van der Waals surface area contributed by atoms with E-state index in [9.17, 15) is 14.4 Å². The number of nitrogens with one attached hydrogen (secondary N) is 1. The third-order valence-corrected chi connectivity index (χ3v) is 10.4. The molecule has 47 heavy (non-hydrogen) atoms. The molecule has 2 aromatic carbocycles. The molecule has 1 aromatic heterocycles. The number of anilines is 1. The van der Waals surface area contributed by atoms with Gasteiger partial charge in [0.1, 0.15) is 6.10 Å². The van der Waals surface area contributed by atoms with E-state index in [1.54, 1.807) is 16.2 Å². The minimum Gasteiger partial charge on any atom is -0.446 e. The average Bonchev–Trinajstić information content (AvgIpc) is 3.57. The zero-order chi connectivity index (χ0) is 33.2. The summed E-state index contributed by atoms with van der Waals surface area (Å²) in [6, 6.07) is 21.7. The lowest BCUT2D eigenvalue weighted by Crippen LogP contribution is -2.44. The molecule has 10 heteroatoms. The van der Waals surface area contributed by atoms with Crippen LogP contribution in [-0.4, -0.2) is 103 Å². The van der Waals surface area contributed by atoms with Crippen molar-refractivity contribution in [2.24, 2.45) is 5.92 Å². The molecule has 252 valence electrons. The lowest BCUT2D eigenvalue weighted by atomic mass is 9.96. The Labute approximate surface area is 283 Å². The zero-order valence-corrected chi connectivity index (χ0v) is 28.8. The number of carbonyl (C=O) groups excluding carboxylic acids is 3. The average molecular weight is 660 g/mol. The quantitative estimate of drug-likeness (QED) is 0.247. The maximum Gasteiger partial charge on any atom is 0.411 e. The van der Waals surface area contributed by atoms with Crippen molar-refractivity contribution < 1.29 is 19.1 Å². The van der Waals surface area contributed by atoms with E-state index in [2.05, 4.69) is 21.2 Å². The molecule has 2 saturated heterocycles. The van der Waals surface area contributed by atoms with Gasteiger partial charge in [-0.1, -0.05) is 48.5 Å². The van der Waals surface area contributed by atoms with Gasteiger partial charge in [0.25, 0.3) is 5.91 Å². The van der Waals surface area contributed by atoms with Crippen molar-refractivity contribution in [3.05, 3.63) is 76.5 Å². The number of thiophene rings is 1. The number of amides is 3. The first-order valence-corrected chi connectivity index (χ1v) is 17.9. The Balaban J connectivity index is 1.02. The molecule has 9 nitrogen and oxygen atoms in total. The summed E-state index contributed by atoms with van der Waals surface area (Å²) in [5, 5.41) is 2.94. The molecule has 2 aliphatic rings. The largest absolute Gasteiger partial charge is 0.446 e. The highest BCUT2D eigenvalue weighted by Gasteiger charge is 2.29. The number of nitrogens with zero attached hydrogens (tertiary/aromatic N) is 4. The number of para-hydroxylation sites is 1. The number of hydrogen-bond acceptors (Lipinski definition) is 7. The fourth-order valence-corrected chi connectivity index (χ4v) is 7.62. The molecule has 3 amide bonds. The van der Waals surface area contributed by atoms with Crippen LogP contribution in [0.15, 0.2) is 66.7 Å². The van der Waals surface area contributed by atoms with Crippen LogP contribution in [0.25, 0.3) is 11.1 Å². The van der Waals surface area contributed by atoms with Crippen LogP contribution in [0.2, 0.25) is 0 Å². The van der Waals surface area contributed by atoms with Gasteiger partial charge >= 0.3 is 6.09 Å². The van der Waals surface area contributed by atoms with Gasteiger partial charge in [0.2, 0.25) is 5.91 Å². The van der Waals surface area contributed by atoms with E-state index >= 15 is 0 Å². The number of rotatable bonds is 12. The number of ether oxygens (including phenoxy) is 1. The number of carbonyl (C=O) groups is 3. The third-order valence-electron chi connectivity index (χ3n) is 9.34. The molecule has 3 heterocycles. The smallest absolute Gasteiger partial charge is 0.411 e. The van der Waals surface area contributed by atoms with Crippen molar-refractivity contribution >= 4 is 34.9 Å². The first-order chi connectivity index (χ1) is 22.8. The number of piperidine rings is 2. The third kappa shape index (κ3) is 9.43. The van der Waals surface area contributed by atoms with Crippen molar-refractivity contribution in [2.75, 3.05) is 64.7 Å². The van der Waals surface area contributed by atoms with Gasteiger partial charge in [-0.2, -0.15) is 0 Å². The summed E-state index contributed by atoms with van der Waals surface area (Å²) in [4.78, 5) is 49.2. The monoisotopic (exact) mass is 659 g/mol. The van der Waals surface area contributed by atoms with Crippen LogP contribution in [0.3, 0.4) is 0 Å². The van der Waals surface area contributed by atoms with Gasteiger partial charge in [-0.25, -0.2) is 4.79 Å². The van der Waals surface area contributed by atoms with Crippen molar-refractivity contribution in [2.45, 2.75) is 52.2 Å². The van der Waals surface area contributed by atoms with Crippen molar-refractivity contribution in [1.29, 1.82) is 0 Å². The summed E-state index contributed by atoms with van der Waals surface area (Å²) in [5.41, 5.74) is 2.72. The standard InChI is InChI=1S/C37H49N5O4S/c1-4-42(5-2)35(43)29-14-11-21-41(26-29)27-31-17-18-34(47-31)36(44)39(3)24-25-40-22-19-30(20-23-40)46-37(45)38-33-16-10-9-15-32(33)28-12-7-6-8-13-28/h6-10,12-13,15-18,29-30H,4-5,11,14,19-27H2,1-3H3,(H,38,45)/t29-/m1/s1. The summed E-state index contributed by atoms with van der Waals surface area (Å²) in [6.07, 6.45) is 2.94. The lowest BCUT2D eigenvalue weighted by molar-refractivity contribution is -0.137. The van der Waals surface area contributed by atoms with E-state index in [4.69, 9.17) is 4.74 Å². The van der Waals surface area contributed by atoms with E-state index < -0.39 is 6.09 Å². The normalized spacial score (nSPS) is 17.6. The van der Waals surface area contributed by atoms with Gasteiger partial charge < -0.3 is 19.4 Å². The Bertz CT molecular complexity index is 1470. The van der Waals surface area contributed by atoms with Crippen LogP contribution in [0.5, 0.6) is 0 Å². The van der Waals surface area contributed by atoms with Crippen LogP contribution in [0.1, 0.15) is 54.1 Å². The molecule has 0 aliphatic carbocycles. The van der Waals surface area contributed by atoms with Crippen LogP contribution < -0.4 is 5.32 Å². The van der Waals surface area contributed by atoms with Crippen LogP contribution in [-0.2, 0) is 16.1 Å². The zero-order valence-electron chi connectivity index (χ0n) is 28.0. The predicted molar refractivity (Wildman–Crippen MR) is 189 cm³/mol. The second-order valence-corrected chi connectivity index (χ2v) is 13.7. The Hall–Kier alpha value is -3.73. The summed E-state index contributed by atoms with van der Waals surface area (Å²) in [7, 11) is 1.86. The fourth-order valence-electron chi connectivity index (χ4n) is 6.58. The summed E-state index contributed by atoms with van der Waals surface area (Å²) < 4.78 is 5.79. The molecule has 1 N–H and O–H groups in total.